The molecule has 7 nitrogen and oxygen atoms in total. The smallest absolute Gasteiger partial charge is 0.411 e. The van der Waals surface area contributed by atoms with Gasteiger partial charge in [-0.25, -0.2) is 14.0 Å². The molecule has 176 valence electrons. The minimum Gasteiger partial charge on any atom is -0.478 e. The highest BCUT2D eigenvalue weighted by Gasteiger charge is 2.60. The summed E-state index contributed by atoms with van der Waals surface area (Å²) < 4.78 is 20.9. The number of likely N-dealkylation sites (tertiary alicyclic amines) is 1. The van der Waals surface area contributed by atoms with Gasteiger partial charge in [0.2, 0.25) is 5.91 Å². The fourth-order valence-electron chi connectivity index (χ4n) is 5.52. The zero-order valence-electron chi connectivity index (χ0n) is 19.2. The second-order valence-electron chi connectivity index (χ2n) is 10.1. The van der Waals surface area contributed by atoms with Gasteiger partial charge < -0.3 is 15.6 Å². The van der Waals surface area contributed by atoms with Gasteiger partial charge in [0, 0.05) is 18.4 Å². The average Bonchev–Trinajstić information content (AvgIpc) is 3.02. The van der Waals surface area contributed by atoms with Crippen LogP contribution in [0, 0.1) is 17.7 Å². The van der Waals surface area contributed by atoms with Crippen LogP contribution in [0.15, 0.2) is 18.2 Å². The number of amides is 2. The van der Waals surface area contributed by atoms with Crippen molar-refractivity contribution >= 4 is 18.0 Å². The number of carbonyl (C=O) groups excluding carboxylic acids is 2. The SMILES string of the molecule is CC(C)(C)OC(=O)N1CC(c2cccc(C(=O)O)c2F)[C@@H](C2CCCCC2)[C@@]1(C)C(N)=O. The Morgan fingerprint density at radius 3 is 2.34 bits per heavy atom. The van der Waals surface area contributed by atoms with Crippen LogP contribution in [-0.4, -0.2) is 45.7 Å². The third kappa shape index (κ3) is 4.32. The van der Waals surface area contributed by atoms with Crippen molar-refractivity contribution in [3.8, 4) is 0 Å². The lowest BCUT2D eigenvalue weighted by atomic mass is 9.66. The number of carbonyl (C=O) groups is 3. The maximum absolute atomic E-state index is 15.3. The molecule has 2 fully saturated rings. The average molecular weight is 449 g/mol. The van der Waals surface area contributed by atoms with Gasteiger partial charge in [0.15, 0.2) is 0 Å². The summed E-state index contributed by atoms with van der Waals surface area (Å²) in [5, 5.41) is 9.41. The van der Waals surface area contributed by atoms with Crippen molar-refractivity contribution in [2.75, 3.05) is 6.54 Å². The van der Waals surface area contributed by atoms with Gasteiger partial charge in [-0.1, -0.05) is 44.2 Å². The molecule has 1 saturated heterocycles. The highest BCUT2D eigenvalue weighted by Crippen LogP contribution is 2.52. The molecule has 3 atom stereocenters. The molecule has 1 unspecified atom stereocenters. The van der Waals surface area contributed by atoms with E-state index in [2.05, 4.69) is 0 Å². The molecule has 1 aromatic rings. The molecule has 0 bridgehead atoms. The van der Waals surface area contributed by atoms with Gasteiger partial charge in [-0.2, -0.15) is 0 Å². The van der Waals surface area contributed by atoms with E-state index in [1.165, 1.54) is 17.0 Å². The van der Waals surface area contributed by atoms with Crippen LogP contribution in [0.5, 0.6) is 0 Å². The Morgan fingerprint density at radius 2 is 1.81 bits per heavy atom. The maximum atomic E-state index is 15.3. The molecule has 2 aliphatic rings. The number of nitrogens with two attached hydrogens (primary N) is 1. The van der Waals surface area contributed by atoms with E-state index in [1.807, 2.05) is 0 Å². The number of hydrogen-bond donors (Lipinski definition) is 2. The van der Waals surface area contributed by atoms with E-state index in [9.17, 15) is 19.5 Å². The second-order valence-corrected chi connectivity index (χ2v) is 10.1. The third-order valence-corrected chi connectivity index (χ3v) is 6.95. The summed E-state index contributed by atoms with van der Waals surface area (Å²) >= 11 is 0. The molecular weight excluding hydrogens is 415 g/mol. The molecule has 1 aliphatic heterocycles. The van der Waals surface area contributed by atoms with E-state index in [0.717, 1.165) is 32.1 Å². The van der Waals surface area contributed by atoms with Crippen LogP contribution in [0.3, 0.4) is 0 Å². The lowest BCUT2D eigenvalue weighted by molar-refractivity contribution is -0.131. The first kappa shape index (κ1) is 24.0. The predicted molar refractivity (Wildman–Crippen MR) is 117 cm³/mol. The molecule has 0 spiro atoms. The third-order valence-electron chi connectivity index (χ3n) is 6.95. The number of aromatic carboxylic acids is 1. The molecule has 1 aromatic carbocycles. The van der Waals surface area contributed by atoms with Crippen molar-refractivity contribution in [2.45, 2.75) is 76.9 Å². The van der Waals surface area contributed by atoms with Crippen LogP contribution in [0.4, 0.5) is 9.18 Å². The number of halogens is 1. The number of hydrogen-bond acceptors (Lipinski definition) is 4. The van der Waals surface area contributed by atoms with Gasteiger partial charge >= 0.3 is 12.1 Å². The van der Waals surface area contributed by atoms with Crippen molar-refractivity contribution in [3.63, 3.8) is 0 Å². The number of primary amides is 1. The van der Waals surface area contributed by atoms with Crippen molar-refractivity contribution < 1.29 is 28.6 Å². The Bertz CT molecular complexity index is 906. The molecule has 0 aromatic heterocycles. The number of nitrogens with zero attached hydrogens (tertiary/aromatic N) is 1. The minimum atomic E-state index is -1.39. The molecule has 1 aliphatic carbocycles. The van der Waals surface area contributed by atoms with Gasteiger partial charge in [-0.3, -0.25) is 9.69 Å². The normalized spacial score (nSPS) is 26.7. The zero-order valence-corrected chi connectivity index (χ0v) is 19.2. The maximum Gasteiger partial charge on any atom is 0.411 e. The van der Waals surface area contributed by atoms with E-state index in [1.54, 1.807) is 33.8 Å². The lowest BCUT2D eigenvalue weighted by Crippen LogP contribution is -2.59. The van der Waals surface area contributed by atoms with Crippen LogP contribution in [0.2, 0.25) is 0 Å². The summed E-state index contributed by atoms with van der Waals surface area (Å²) in [6.07, 6.45) is 4.04. The summed E-state index contributed by atoms with van der Waals surface area (Å²) in [5.74, 6) is -3.85. The molecule has 32 heavy (non-hydrogen) atoms. The van der Waals surface area contributed by atoms with Crippen molar-refractivity contribution in [1.82, 2.24) is 4.90 Å². The highest BCUT2D eigenvalue weighted by atomic mass is 19.1. The van der Waals surface area contributed by atoms with Crippen LogP contribution >= 0.6 is 0 Å². The number of carboxylic acid groups (broad SMARTS) is 1. The Morgan fingerprint density at radius 1 is 1.19 bits per heavy atom. The Hall–Kier alpha value is -2.64. The molecule has 0 radical (unpaired) electrons. The molecule has 1 heterocycles. The topological polar surface area (TPSA) is 110 Å². The van der Waals surface area contributed by atoms with Gasteiger partial charge in [0.05, 0.1) is 5.56 Å². The first-order valence-electron chi connectivity index (χ1n) is 11.2. The summed E-state index contributed by atoms with van der Waals surface area (Å²) in [7, 11) is 0. The number of rotatable bonds is 4. The fourth-order valence-corrected chi connectivity index (χ4v) is 5.52. The van der Waals surface area contributed by atoms with E-state index in [4.69, 9.17) is 10.5 Å². The van der Waals surface area contributed by atoms with Gasteiger partial charge in [0.1, 0.15) is 17.0 Å². The number of carboxylic acids is 1. The summed E-state index contributed by atoms with van der Waals surface area (Å²) in [6, 6.07) is 4.25. The molecular formula is C24H33FN2O5. The van der Waals surface area contributed by atoms with E-state index in [-0.39, 0.29) is 18.0 Å². The van der Waals surface area contributed by atoms with E-state index in [0.29, 0.717) is 0 Å². The van der Waals surface area contributed by atoms with E-state index < -0.39 is 52.3 Å². The monoisotopic (exact) mass is 448 g/mol. The van der Waals surface area contributed by atoms with Crippen LogP contribution in [0.25, 0.3) is 0 Å². The summed E-state index contributed by atoms with van der Waals surface area (Å²) in [6.45, 7) is 6.85. The van der Waals surface area contributed by atoms with Crippen LogP contribution in [0.1, 0.15) is 81.6 Å². The molecule has 1 saturated carbocycles. The molecule has 3 N–H and O–H groups in total. The molecule has 8 heteroatoms. The van der Waals surface area contributed by atoms with Crippen LogP contribution < -0.4 is 5.73 Å². The van der Waals surface area contributed by atoms with Gasteiger partial charge in [-0.15, -0.1) is 0 Å². The number of benzene rings is 1. The Balaban J connectivity index is 2.15. The predicted octanol–water partition coefficient (Wildman–Crippen LogP) is 4.30. The number of ether oxygens (including phenoxy) is 1. The van der Waals surface area contributed by atoms with Gasteiger partial charge in [-0.05, 0) is 45.2 Å². The fraction of sp³-hybridized carbons (Fsp3) is 0.625. The lowest BCUT2D eigenvalue weighted by Gasteiger charge is -2.42. The largest absolute Gasteiger partial charge is 0.478 e. The summed E-state index contributed by atoms with van der Waals surface area (Å²) in [5.41, 5.74) is 3.49. The van der Waals surface area contributed by atoms with Crippen LogP contribution in [-0.2, 0) is 9.53 Å². The first-order valence-corrected chi connectivity index (χ1v) is 11.2. The Labute approximate surface area is 188 Å². The zero-order chi connectivity index (χ0) is 23.8. The second kappa shape index (κ2) is 8.71. The van der Waals surface area contributed by atoms with Crippen molar-refractivity contribution in [2.24, 2.45) is 17.6 Å². The molecule has 3 rings (SSSR count). The quantitative estimate of drug-likeness (QED) is 0.714. The molecule has 2 amide bonds. The Kier molecular flexibility index (Phi) is 6.54. The standard InChI is InChI=1S/C24H33FN2O5/c1-23(2,3)32-22(31)27-13-17(15-11-8-12-16(19(15)25)20(28)29)18(24(27,4)21(26)30)14-9-6-5-7-10-14/h8,11-12,14,17-18H,5-7,9-10,13H2,1-4H3,(H2,26,30)(H,28,29)/t17?,18-,24+/m1/s1. The van der Waals surface area contributed by atoms with Gasteiger partial charge in [0.25, 0.3) is 0 Å². The summed E-state index contributed by atoms with van der Waals surface area (Å²) in [4.78, 5) is 38.9. The minimum absolute atomic E-state index is 0.0233. The van der Waals surface area contributed by atoms with Crippen molar-refractivity contribution in [3.05, 3.63) is 35.1 Å². The highest BCUT2D eigenvalue weighted by molar-refractivity contribution is 5.90. The first-order chi connectivity index (χ1) is 14.9. The van der Waals surface area contributed by atoms with E-state index >= 15 is 4.39 Å². The van der Waals surface area contributed by atoms with Crippen molar-refractivity contribution in [1.29, 1.82) is 0 Å².